The van der Waals surface area contributed by atoms with E-state index >= 15 is 0 Å². The number of halogens is 1. The molecule has 0 aliphatic heterocycles. The van der Waals surface area contributed by atoms with Crippen molar-refractivity contribution in [2.45, 2.75) is 59.0 Å². The summed E-state index contributed by atoms with van der Waals surface area (Å²) in [5.41, 5.74) is 4.53. The Morgan fingerprint density at radius 1 is 1.00 bits per heavy atom. The molecule has 0 unspecified atom stereocenters. The van der Waals surface area contributed by atoms with Gasteiger partial charge in [-0.15, -0.1) is 10.2 Å². The van der Waals surface area contributed by atoms with Crippen LogP contribution in [0.25, 0.3) is 22.5 Å². The second kappa shape index (κ2) is 10.6. The van der Waals surface area contributed by atoms with Gasteiger partial charge in [0.05, 0.1) is 17.9 Å². The largest absolute Gasteiger partial charge is 0.329 e. The number of H-pyrrole nitrogens is 1. The van der Waals surface area contributed by atoms with Crippen LogP contribution in [0.4, 0.5) is 0 Å². The van der Waals surface area contributed by atoms with Gasteiger partial charge in [0.25, 0.3) is 0 Å². The maximum atomic E-state index is 13.2. The van der Waals surface area contributed by atoms with Crippen molar-refractivity contribution in [3.63, 3.8) is 0 Å². The van der Waals surface area contributed by atoms with Gasteiger partial charge in [-0.1, -0.05) is 56.5 Å². The minimum absolute atomic E-state index is 0.0640. The van der Waals surface area contributed by atoms with E-state index in [4.69, 9.17) is 11.6 Å². The lowest BCUT2D eigenvalue weighted by Gasteiger charge is -2.09. The van der Waals surface area contributed by atoms with E-state index in [1.54, 1.807) is 15.3 Å². The molecule has 0 radical (unpaired) electrons. The fraction of sp³-hybridized carbons (Fsp3) is 0.375. The highest BCUT2D eigenvalue weighted by molar-refractivity contribution is 6.30. The van der Waals surface area contributed by atoms with E-state index in [-0.39, 0.29) is 5.69 Å². The molecule has 0 bridgehead atoms. The average Bonchev–Trinajstić information content (AvgIpc) is 3.45. The number of aromatic nitrogens is 7. The predicted octanol–water partition coefficient (Wildman–Crippen LogP) is 4.74. The van der Waals surface area contributed by atoms with Crippen LogP contribution in [0.2, 0.25) is 5.15 Å². The molecule has 4 aromatic rings. The van der Waals surface area contributed by atoms with Crippen LogP contribution in [0.5, 0.6) is 0 Å². The minimum atomic E-state index is -0.0640. The van der Waals surface area contributed by atoms with Crippen molar-refractivity contribution < 1.29 is 0 Å². The molecule has 8 nitrogen and oxygen atoms in total. The molecule has 33 heavy (non-hydrogen) atoms. The molecule has 4 rings (SSSR count). The molecule has 9 heteroatoms. The summed E-state index contributed by atoms with van der Waals surface area (Å²) in [5.74, 6) is 0.543. The molecule has 0 saturated carbocycles. The summed E-state index contributed by atoms with van der Waals surface area (Å²) in [6.45, 7) is 5.26. The van der Waals surface area contributed by atoms with Crippen LogP contribution in [0.15, 0.2) is 47.4 Å². The number of nitrogens with one attached hydrogen (secondary N) is 1. The maximum absolute atomic E-state index is 13.2. The predicted molar refractivity (Wildman–Crippen MR) is 129 cm³/mol. The van der Waals surface area contributed by atoms with E-state index in [9.17, 15) is 4.79 Å². The van der Waals surface area contributed by atoms with Crippen molar-refractivity contribution in [3.05, 3.63) is 69.6 Å². The van der Waals surface area contributed by atoms with E-state index in [0.29, 0.717) is 24.1 Å². The molecule has 0 spiro atoms. The Morgan fingerprint density at radius 3 is 2.55 bits per heavy atom. The fourth-order valence-electron chi connectivity index (χ4n) is 3.90. The molecular weight excluding hydrogens is 438 g/mol. The van der Waals surface area contributed by atoms with Gasteiger partial charge in [0.15, 0.2) is 0 Å². The van der Waals surface area contributed by atoms with Gasteiger partial charge >= 0.3 is 5.69 Å². The monoisotopic (exact) mass is 465 g/mol. The highest BCUT2D eigenvalue weighted by Gasteiger charge is 2.18. The quantitative estimate of drug-likeness (QED) is 0.365. The highest BCUT2D eigenvalue weighted by Crippen LogP contribution is 2.25. The summed E-state index contributed by atoms with van der Waals surface area (Å²) >= 11 is 6.67. The standard InChI is InChI=1S/C24H28ClN7O/c1-3-5-10-21-22(25)31(13-6-4-2)24(33)32(21)16-20-15-18(11-12-26-20)17-8-7-9-19(14-17)23-27-29-30-28-23/h7-9,11-12,14-15H,3-6,10,13,16H2,1-2H3,(H,27,28,29,30). The lowest BCUT2D eigenvalue weighted by Crippen LogP contribution is -2.26. The topological polar surface area (TPSA) is 94.3 Å². The van der Waals surface area contributed by atoms with Crippen LogP contribution in [-0.4, -0.2) is 34.7 Å². The van der Waals surface area contributed by atoms with E-state index in [1.807, 2.05) is 36.4 Å². The highest BCUT2D eigenvalue weighted by atomic mass is 35.5. The Kier molecular flexibility index (Phi) is 7.34. The van der Waals surface area contributed by atoms with Crippen LogP contribution >= 0.6 is 11.6 Å². The molecular formula is C24H28ClN7O. The molecule has 0 saturated heterocycles. The fourth-order valence-corrected chi connectivity index (χ4v) is 4.25. The first-order valence-corrected chi connectivity index (χ1v) is 11.8. The molecule has 1 N–H and O–H groups in total. The number of rotatable bonds is 10. The van der Waals surface area contributed by atoms with Gasteiger partial charge in [-0.2, -0.15) is 5.21 Å². The molecule has 3 heterocycles. The van der Waals surface area contributed by atoms with Gasteiger partial charge in [-0.05, 0) is 53.8 Å². The Balaban J connectivity index is 1.66. The number of aromatic amines is 1. The number of pyridine rings is 1. The number of unbranched alkanes of at least 4 members (excludes halogenated alkanes) is 2. The van der Waals surface area contributed by atoms with E-state index in [2.05, 4.69) is 39.5 Å². The van der Waals surface area contributed by atoms with Crippen LogP contribution in [0.1, 0.15) is 50.9 Å². The minimum Gasteiger partial charge on any atom is -0.289 e. The van der Waals surface area contributed by atoms with Crippen LogP contribution < -0.4 is 5.69 Å². The number of tetrazole rings is 1. The zero-order valence-electron chi connectivity index (χ0n) is 19.0. The zero-order chi connectivity index (χ0) is 23.2. The van der Waals surface area contributed by atoms with E-state index in [1.165, 1.54) is 0 Å². The summed E-state index contributed by atoms with van der Waals surface area (Å²) in [7, 11) is 0. The maximum Gasteiger partial charge on any atom is 0.329 e. The van der Waals surface area contributed by atoms with Gasteiger partial charge < -0.3 is 0 Å². The van der Waals surface area contributed by atoms with Gasteiger partial charge in [0.2, 0.25) is 5.82 Å². The van der Waals surface area contributed by atoms with Crippen LogP contribution in [0, 0.1) is 0 Å². The molecule has 0 aliphatic rings. The van der Waals surface area contributed by atoms with E-state index in [0.717, 1.165) is 60.2 Å². The van der Waals surface area contributed by atoms with Gasteiger partial charge in [0.1, 0.15) is 5.15 Å². The first kappa shape index (κ1) is 22.9. The van der Waals surface area contributed by atoms with Crippen molar-refractivity contribution in [3.8, 4) is 22.5 Å². The Morgan fingerprint density at radius 2 is 1.79 bits per heavy atom. The third-order valence-corrected chi connectivity index (χ3v) is 6.12. The van der Waals surface area contributed by atoms with E-state index < -0.39 is 0 Å². The summed E-state index contributed by atoms with van der Waals surface area (Å²) in [6.07, 6.45) is 6.49. The second-order valence-electron chi connectivity index (χ2n) is 8.07. The number of hydrogen-bond donors (Lipinski definition) is 1. The lowest BCUT2D eigenvalue weighted by atomic mass is 10.0. The number of benzene rings is 1. The van der Waals surface area contributed by atoms with Gasteiger partial charge in [-0.25, -0.2) is 4.79 Å². The molecule has 0 amide bonds. The van der Waals surface area contributed by atoms with Crippen LogP contribution in [-0.2, 0) is 19.5 Å². The van der Waals surface area contributed by atoms with Crippen molar-refractivity contribution in [2.75, 3.05) is 0 Å². The summed E-state index contributed by atoms with van der Waals surface area (Å²) < 4.78 is 3.49. The zero-order valence-corrected chi connectivity index (χ0v) is 19.7. The number of hydrogen-bond acceptors (Lipinski definition) is 5. The van der Waals surface area contributed by atoms with Gasteiger partial charge in [-0.3, -0.25) is 14.1 Å². The van der Waals surface area contributed by atoms with Crippen molar-refractivity contribution >= 4 is 11.6 Å². The third kappa shape index (κ3) is 5.06. The summed E-state index contributed by atoms with van der Waals surface area (Å²) in [6, 6.07) is 11.9. The smallest absolute Gasteiger partial charge is 0.289 e. The molecule has 0 fully saturated rings. The van der Waals surface area contributed by atoms with Gasteiger partial charge in [0, 0.05) is 18.3 Å². The summed E-state index contributed by atoms with van der Waals surface area (Å²) in [4.78, 5) is 17.8. The molecule has 0 atom stereocenters. The SMILES string of the molecule is CCCCc1c(Cl)n(CCCC)c(=O)n1Cc1cc(-c2cccc(-c3nn[nH]n3)c2)ccn1. The Hall–Kier alpha value is -3.26. The molecule has 1 aromatic carbocycles. The molecule has 172 valence electrons. The lowest BCUT2D eigenvalue weighted by molar-refractivity contribution is 0.589. The Bertz CT molecular complexity index is 1260. The third-order valence-electron chi connectivity index (χ3n) is 5.70. The van der Waals surface area contributed by atoms with Crippen molar-refractivity contribution in [1.82, 2.24) is 34.7 Å². The van der Waals surface area contributed by atoms with Crippen LogP contribution in [0.3, 0.4) is 0 Å². The normalized spacial score (nSPS) is 11.2. The molecule has 3 aromatic heterocycles. The Labute approximate surface area is 197 Å². The second-order valence-corrected chi connectivity index (χ2v) is 8.43. The number of imidazole rings is 1. The number of nitrogens with zero attached hydrogens (tertiary/aromatic N) is 6. The molecule has 0 aliphatic carbocycles. The average molecular weight is 466 g/mol. The first-order chi connectivity index (χ1) is 16.1. The summed E-state index contributed by atoms with van der Waals surface area (Å²) in [5, 5.41) is 14.8. The first-order valence-electron chi connectivity index (χ1n) is 11.4. The van der Waals surface area contributed by atoms with Crippen molar-refractivity contribution in [1.29, 1.82) is 0 Å². The van der Waals surface area contributed by atoms with Crippen molar-refractivity contribution in [2.24, 2.45) is 0 Å².